The molecule has 3 rings (SSSR count). The zero-order chi connectivity index (χ0) is 18.7. The molecule has 1 aliphatic heterocycles. The first-order valence-electron chi connectivity index (χ1n) is 9.65. The summed E-state index contributed by atoms with van der Waals surface area (Å²) in [5.41, 5.74) is 0. The van der Waals surface area contributed by atoms with Crippen molar-refractivity contribution in [1.82, 2.24) is 30.1 Å². The second kappa shape index (κ2) is 12.6. The first kappa shape index (κ1) is 22.4. The molecule has 3 heterocycles. The number of anilines is 1. The molecular formula is C19H31IN8. The summed E-state index contributed by atoms with van der Waals surface area (Å²) in [7, 11) is 1.82. The van der Waals surface area contributed by atoms with E-state index >= 15 is 0 Å². The Kier molecular flexibility index (Phi) is 10.0. The highest BCUT2D eigenvalue weighted by Gasteiger charge is 2.18. The first-order valence-corrected chi connectivity index (χ1v) is 9.65. The van der Waals surface area contributed by atoms with Crippen LogP contribution >= 0.6 is 24.0 Å². The Balaban J connectivity index is 0.00000280. The molecule has 0 bridgehead atoms. The molecule has 1 saturated heterocycles. The Labute approximate surface area is 184 Å². The van der Waals surface area contributed by atoms with Gasteiger partial charge in [0.2, 0.25) is 5.95 Å². The van der Waals surface area contributed by atoms with E-state index in [1.165, 1.54) is 0 Å². The summed E-state index contributed by atoms with van der Waals surface area (Å²) in [5.74, 6) is 1.71. The van der Waals surface area contributed by atoms with Crippen molar-refractivity contribution in [1.29, 1.82) is 0 Å². The van der Waals surface area contributed by atoms with Crippen LogP contribution < -0.4 is 15.5 Å². The van der Waals surface area contributed by atoms with Crippen molar-refractivity contribution in [2.45, 2.75) is 13.0 Å². The minimum Gasteiger partial charge on any atom is -0.356 e. The smallest absolute Gasteiger partial charge is 0.225 e. The number of aromatic nitrogens is 3. The quantitative estimate of drug-likeness (QED) is 0.247. The first-order chi connectivity index (χ1) is 13.3. The fourth-order valence-corrected chi connectivity index (χ4v) is 3.18. The van der Waals surface area contributed by atoms with Gasteiger partial charge in [-0.25, -0.2) is 9.97 Å². The van der Waals surface area contributed by atoms with Crippen LogP contribution in [0.3, 0.4) is 0 Å². The van der Waals surface area contributed by atoms with Crippen LogP contribution in [-0.2, 0) is 6.54 Å². The van der Waals surface area contributed by atoms with Crippen LogP contribution in [0.5, 0.6) is 0 Å². The van der Waals surface area contributed by atoms with Crippen molar-refractivity contribution in [3.63, 3.8) is 0 Å². The SMILES string of the molecule is CN=C(NCCCN1CCN(c2ncccn2)CC1)NCCn1cccc1.I. The summed E-state index contributed by atoms with van der Waals surface area (Å²) < 4.78 is 2.15. The zero-order valence-electron chi connectivity index (χ0n) is 16.5. The summed E-state index contributed by atoms with van der Waals surface area (Å²) in [6.07, 6.45) is 8.85. The summed E-state index contributed by atoms with van der Waals surface area (Å²) in [5, 5.41) is 6.75. The summed E-state index contributed by atoms with van der Waals surface area (Å²) in [6.45, 7) is 7.90. The van der Waals surface area contributed by atoms with Gasteiger partial charge < -0.3 is 20.1 Å². The number of rotatable bonds is 8. The number of hydrogen-bond donors (Lipinski definition) is 2. The Morgan fingerprint density at radius 1 is 0.964 bits per heavy atom. The fourth-order valence-electron chi connectivity index (χ4n) is 3.18. The topological polar surface area (TPSA) is 73.6 Å². The van der Waals surface area contributed by atoms with Crippen LogP contribution in [0.1, 0.15) is 6.42 Å². The maximum Gasteiger partial charge on any atom is 0.225 e. The largest absolute Gasteiger partial charge is 0.356 e. The molecule has 9 heteroatoms. The Hall–Kier alpha value is -1.88. The molecule has 1 fully saturated rings. The van der Waals surface area contributed by atoms with Crippen LogP contribution in [0, 0.1) is 0 Å². The van der Waals surface area contributed by atoms with Crippen molar-refractivity contribution in [2.24, 2.45) is 4.99 Å². The average molecular weight is 498 g/mol. The molecule has 0 unspecified atom stereocenters. The highest BCUT2D eigenvalue weighted by atomic mass is 127. The lowest BCUT2D eigenvalue weighted by atomic mass is 10.3. The van der Waals surface area contributed by atoms with Gasteiger partial charge in [0.1, 0.15) is 0 Å². The molecule has 0 amide bonds. The number of hydrogen-bond acceptors (Lipinski definition) is 5. The zero-order valence-corrected chi connectivity index (χ0v) is 18.8. The third-order valence-corrected chi connectivity index (χ3v) is 4.70. The number of nitrogens with zero attached hydrogens (tertiary/aromatic N) is 6. The second-order valence-corrected chi connectivity index (χ2v) is 6.58. The third-order valence-electron chi connectivity index (χ3n) is 4.70. The summed E-state index contributed by atoms with van der Waals surface area (Å²) >= 11 is 0. The molecule has 0 radical (unpaired) electrons. The van der Waals surface area contributed by atoms with Gasteiger partial charge >= 0.3 is 0 Å². The molecule has 0 aliphatic carbocycles. The van der Waals surface area contributed by atoms with Gasteiger partial charge in [-0.1, -0.05) is 0 Å². The van der Waals surface area contributed by atoms with Crippen LogP contribution in [-0.4, -0.2) is 78.3 Å². The number of nitrogens with one attached hydrogen (secondary N) is 2. The van der Waals surface area contributed by atoms with Gasteiger partial charge in [0, 0.05) is 77.6 Å². The Morgan fingerprint density at radius 3 is 2.32 bits per heavy atom. The summed E-state index contributed by atoms with van der Waals surface area (Å²) in [6, 6.07) is 5.94. The van der Waals surface area contributed by atoms with Gasteiger partial charge in [-0.3, -0.25) is 9.89 Å². The summed E-state index contributed by atoms with van der Waals surface area (Å²) in [4.78, 5) is 17.7. The average Bonchev–Trinajstić information content (AvgIpc) is 3.24. The van der Waals surface area contributed by atoms with E-state index in [2.05, 4.69) is 52.4 Å². The maximum absolute atomic E-state index is 4.34. The Bertz CT molecular complexity index is 669. The van der Waals surface area contributed by atoms with Gasteiger partial charge in [0.15, 0.2) is 5.96 Å². The van der Waals surface area contributed by atoms with Crippen molar-refractivity contribution in [2.75, 3.05) is 57.8 Å². The standard InChI is InChI=1S/C19H30N8.HI/c1-20-18(22-9-13-25-10-2-3-11-25)21-8-5-12-26-14-16-27(17-15-26)19-23-6-4-7-24-19;/h2-4,6-7,10-11H,5,8-9,12-17H2,1H3,(H2,20,21,22);1H. The molecule has 1 aliphatic rings. The third kappa shape index (κ3) is 7.27. The van der Waals surface area contributed by atoms with Crippen molar-refractivity contribution >= 4 is 35.9 Å². The molecule has 2 N–H and O–H groups in total. The molecule has 28 heavy (non-hydrogen) atoms. The predicted octanol–water partition coefficient (Wildman–Crippen LogP) is 1.27. The van der Waals surface area contributed by atoms with E-state index in [1.807, 2.05) is 25.2 Å². The number of piperazine rings is 1. The van der Waals surface area contributed by atoms with E-state index in [9.17, 15) is 0 Å². The van der Waals surface area contributed by atoms with Gasteiger partial charge in [-0.2, -0.15) is 0 Å². The molecular weight excluding hydrogens is 467 g/mol. The highest BCUT2D eigenvalue weighted by molar-refractivity contribution is 14.0. The lowest BCUT2D eigenvalue weighted by Crippen LogP contribution is -2.47. The highest BCUT2D eigenvalue weighted by Crippen LogP contribution is 2.09. The number of guanidine groups is 1. The molecule has 0 aromatic carbocycles. The van der Waals surface area contributed by atoms with E-state index < -0.39 is 0 Å². The van der Waals surface area contributed by atoms with Crippen molar-refractivity contribution in [3.8, 4) is 0 Å². The lowest BCUT2D eigenvalue weighted by molar-refractivity contribution is 0.254. The van der Waals surface area contributed by atoms with E-state index in [1.54, 1.807) is 12.4 Å². The molecule has 154 valence electrons. The Morgan fingerprint density at radius 2 is 1.64 bits per heavy atom. The van der Waals surface area contributed by atoms with Crippen LogP contribution in [0.25, 0.3) is 0 Å². The minimum absolute atomic E-state index is 0. The van der Waals surface area contributed by atoms with E-state index in [-0.39, 0.29) is 24.0 Å². The van der Waals surface area contributed by atoms with E-state index in [0.717, 1.165) is 70.7 Å². The maximum atomic E-state index is 4.34. The molecule has 0 atom stereocenters. The minimum atomic E-state index is 0. The van der Waals surface area contributed by atoms with Gasteiger partial charge in [0.05, 0.1) is 0 Å². The fraction of sp³-hybridized carbons (Fsp3) is 0.526. The van der Waals surface area contributed by atoms with Crippen LogP contribution in [0.4, 0.5) is 5.95 Å². The van der Waals surface area contributed by atoms with E-state index in [0.29, 0.717) is 0 Å². The lowest BCUT2D eigenvalue weighted by Gasteiger charge is -2.34. The molecule has 8 nitrogen and oxygen atoms in total. The number of aliphatic imine (C=N–C) groups is 1. The second-order valence-electron chi connectivity index (χ2n) is 6.58. The van der Waals surface area contributed by atoms with E-state index in [4.69, 9.17) is 0 Å². The monoisotopic (exact) mass is 498 g/mol. The molecule has 0 saturated carbocycles. The van der Waals surface area contributed by atoms with Crippen molar-refractivity contribution in [3.05, 3.63) is 43.0 Å². The molecule has 0 spiro atoms. The normalized spacial score (nSPS) is 15.2. The van der Waals surface area contributed by atoms with Crippen LogP contribution in [0.15, 0.2) is 48.0 Å². The van der Waals surface area contributed by atoms with Gasteiger partial charge in [-0.05, 0) is 31.2 Å². The van der Waals surface area contributed by atoms with Crippen molar-refractivity contribution < 1.29 is 0 Å². The van der Waals surface area contributed by atoms with Crippen LogP contribution in [0.2, 0.25) is 0 Å². The van der Waals surface area contributed by atoms with Gasteiger partial charge in [0.25, 0.3) is 0 Å². The molecule has 2 aromatic rings. The predicted molar refractivity (Wildman–Crippen MR) is 125 cm³/mol. The molecule has 2 aromatic heterocycles. The van der Waals surface area contributed by atoms with Gasteiger partial charge in [-0.15, -0.1) is 24.0 Å². The number of halogens is 1.